The van der Waals surface area contributed by atoms with Gasteiger partial charge in [0.1, 0.15) is 4.60 Å². The van der Waals surface area contributed by atoms with Crippen LogP contribution in [0.3, 0.4) is 0 Å². The molecular formula is C11H8BrClN2. The zero-order chi connectivity index (χ0) is 10.7. The van der Waals surface area contributed by atoms with E-state index in [2.05, 4.69) is 38.0 Å². The van der Waals surface area contributed by atoms with E-state index >= 15 is 0 Å². The van der Waals surface area contributed by atoms with E-state index < -0.39 is 0 Å². The molecule has 0 unspecified atom stereocenters. The van der Waals surface area contributed by atoms with E-state index in [9.17, 15) is 0 Å². The summed E-state index contributed by atoms with van der Waals surface area (Å²) < 4.78 is 0.595. The van der Waals surface area contributed by atoms with Crippen molar-refractivity contribution in [3.8, 4) is 0 Å². The summed E-state index contributed by atoms with van der Waals surface area (Å²) in [6.45, 7) is 0. The van der Waals surface area contributed by atoms with E-state index in [1.807, 2.05) is 18.2 Å². The van der Waals surface area contributed by atoms with Crippen molar-refractivity contribution in [2.45, 2.75) is 6.42 Å². The van der Waals surface area contributed by atoms with Gasteiger partial charge in [-0.05, 0) is 21.5 Å². The molecule has 0 N–H and O–H groups in total. The molecule has 0 saturated heterocycles. The van der Waals surface area contributed by atoms with E-state index in [-0.39, 0.29) is 0 Å². The second kappa shape index (κ2) is 4.73. The van der Waals surface area contributed by atoms with Crippen LogP contribution in [0.15, 0.2) is 41.1 Å². The maximum atomic E-state index is 5.76. The molecule has 0 atom stereocenters. The fraction of sp³-hybridized carbons (Fsp3) is 0.0909. The lowest BCUT2D eigenvalue weighted by atomic mass is 10.1. The predicted molar refractivity (Wildman–Crippen MR) is 64.0 cm³/mol. The third kappa shape index (κ3) is 2.76. The smallest absolute Gasteiger partial charge is 0.161 e. The van der Waals surface area contributed by atoms with Crippen molar-refractivity contribution in [3.63, 3.8) is 0 Å². The number of nitrogens with zero attached hydrogens (tertiary/aromatic N) is 2. The Hall–Kier alpha value is -0.930. The first-order valence-electron chi connectivity index (χ1n) is 4.46. The van der Waals surface area contributed by atoms with Crippen molar-refractivity contribution >= 4 is 27.5 Å². The number of hydrogen-bond donors (Lipinski definition) is 0. The second-order valence-electron chi connectivity index (χ2n) is 3.11. The SMILES string of the molecule is Clc1ncc(Cc2ccccc2)nc1Br. The van der Waals surface area contributed by atoms with Crippen LogP contribution >= 0.6 is 27.5 Å². The summed E-state index contributed by atoms with van der Waals surface area (Å²) in [5.74, 6) is 0. The van der Waals surface area contributed by atoms with Crippen LogP contribution < -0.4 is 0 Å². The van der Waals surface area contributed by atoms with Gasteiger partial charge in [-0.25, -0.2) is 9.97 Å². The van der Waals surface area contributed by atoms with Crippen molar-refractivity contribution < 1.29 is 0 Å². The first kappa shape index (κ1) is 10.6. The van der Waals surface area contributed by atoms with Gasteiger partial charge in [0.2, 0.25) is 0 Å². The fourth-order valence-corrected chi connectivity index (χ4v) is 1.70. The van der Waals surface area contributed by atoms with Gasteiger partial charge < -0.3 is 0 Å². The molecule has 1 aromatic heterocycles. The topological polar surface area (TPSA) is 25.8 Å². The molecule has 2 aromatic rings. The molecule has 0 aliphatic carbocycles. The van der Waals surface area contributed by atoms with E-state index in [0.717, 1.165) is 12.1 Å². The molecule has 0 spiro atoms. The summed E-state index contributed by atoms with van der Waals surface area (Å²) in [6.07, 6.45) is 2.46. The molecule has 4 heteroatoms. The highest BCUT2D eigenvalue weighted by Crippen LogP contribution is 2.17. The Balaban J connectivity index is 2.22. The van der Waals surface area contributed by atoms with Gasteiger partial charge in [0.05, 0.1) is 11.9 Å². The average Bonchev–Trinajstić information content (AvgIpc) is 2.25. The zero-order valence-corrected chi connectivity index (χ0v) is 10.2. The minimum Gasteiger partial charge on any atom is -0.241 e. The molecule has 0 bridgehead atoms. The Kier molecular flexibility index (Phi) is 3.34. The van der Waals surface area contributed by atoms with Crippen molar-refractivity contribution in [1.29, 1.82) is 0 Å². The largest absolute Gasteiger partial charge is 0.241 e. The van der Waals surface area contributed by atoms with Gasteiger partial charge in [0.25, 0.3) is 0 Å². The monoisotopic (exact) mass is 282 g/mol. The normalized spacial score (nSPS) is 10.3. The summed E-state index contributed by atoms with van der Waals surface area (Å²) in [7, 11) is 0. The molecule has 0 radical (unpaired) electrons. The molecule has 0 fully saturated rings. The number of halogens is 2. The van der Waals surface area contributed by atoms with Gasteiger partial charge in [-0.15, -0.1) is 0 Å². The summed E-state index contributed by atoms with van der Waals surface area (Å²) >= 11 is 9.02. The van der Waals surface area contributed by atoms with Gasteiger partial charge in [-0.2, -0.15) is 0 Å². The van der Waals surface area contributed by atoms with Crippen LogP contribution in [0.2, 0.25) is 5.15 Å². The molecule has 0 saturated carbocycles. The molecule has 0 aliphatic heterocycles. The van der Waals surface area contributed by atoms with Crippen molar-refractivity contribution in [2.75, 3.05) is 0 Å². The zero-order valence-electron chi connectivity index (χ0n) is 7.82. The number of aromatic nitrogens is 2. The highest BCUT2D eigenvalue weighted by Gasteiger charge is 2.02. The van der Waals surface area contributed by atoms with Crippen LogP contribution in [-0.2, 0) is 6.42 Å². The van der Waals surface area contributed by atoms with Gasteiger partial charge >= 0.3 is 0 Å². The molecule has 2 nitrogen and oxygen atoms in total. The average molecular weight is 284 g/mol. The summed E-state index contributed by atoms with van der Waals surface area (Å²) in [6, 6.07) is 10.1. The lowest BCUT2D eigenvalue weighted by Gasteiger charge is -2.01. The summed E-state index contributed by atoms with van der Waals surface area (Å²) in [5.41, 5.74) is 2.11. The van der Waals surface area contributed by atoms with E-state index in [0.29, 0.717) is 9.76 Å². The Morgan fingerprint density at radius 1 is 1.20 bits per heavy atom. The first-order valence-corrected chi connectivity index (χ1v) is 5.63. The molecule has 15 heavy (non-hydrogen) atoms. The van der Waals surface area contributed by atoms with Crippen LogP contribution in [0.5, 0.6) is 0 Å². The second-order valence-corrected chi connectivity index (χ2v) is 4.21. The van der Waals surface area contributed by atoms with E-state index in [1.54, 1.807) is 6.20 Å². The van der Waals surface area contributed by atoms with Crippen molar-refractivity contribution in [3.05, 3.63) is 57.5 Å². The Morgan fingerprint density at radius 3 is 2.60 bits per heavy atom. The molecule has 1 aromatic carbocycles. The van der Waals surface area contributed by atoms with Crippen LogP contribution in [0.1, 0.15) is 11.3 Å². The minimum atomic E-state index is 0.395. The van der Waals surface area contributed by atoms with Gasteiger partial charge in [0, 0.05) is 6.42 Å². The number of rotatable bonds is 2. The Labute approximate surface area is 101 Å². The third-order valence-corrected chi connectivity index (χ3v) is 3.02. The molecule has 76 valence electrons. The highest BCUT2D eigenvalue weighted by atomic mass is 79.9. The standard InChI is InChI=1S/C11H8BrClN2/c12-10-11(13)14-7-9(15-10)6-8-4-2-1-3-5-8/h1-5,7H,6H2. The molecular weight excluding hydrogens is 275 g/mol. The summed E-state index contributed by atoms with van der Waals surface area (Å²) in [5, 5.41) is 0.395. The molecule has 0 amide bonds. The maximum Gasteiger partial charge on any atom is 0.161 e. The lowest BCUT2D eigenvalue weighted by molar-refractivity contribution is 1.01. The lowest BCUT2D eigenvalue weighted by Crippen LogP contribution is -1.94. The Bertz CT molecular complexity index is 459. The fourth-order valence-electron chi connectivity index (χ4n) is 1.28. The Morgan fingerprint density at radius 2 is 1.93 bits per heavy atom. The van der Waals surface area contributed by atoms with Crippen molar-refractivity contribution in [1.82, 2.24) is 9.97 Å². The van der Waals surface area contributed by atoms with Gasteiger partial charge in [-0.1, -0.05) is 41.9 Å². The quantitative estimate of drug-likeness (QED) is 0.843. The predicted octanol–water partition coefficient (Wildman–Crippen LogP) is 3.48. The van der Waals surface area contributed by atoms with Gasteiger partial charge in [-0.3, -0.25) is 0 Å². The van der Waals surface area contributed by atoms with Crippen LogP contribution in [0.25, 0.3) is 0 Å². The van der Waals surface area contributed by atoms with Crippen LogP contribution in [0, 0.1) is 0 Å². The van der Waals surface area contributed by atoms with Crippen LogP contribution in [-0.4, -0.2) is 9.97 Å². The highest BCUT2D eigenvalue weighted by molar-refractivity contribution is 9.10. The molecule has 1 heterocycles. The molecule has 2 rings (SSSR count). The van der Waals surface area contributed by atoms with E-state index in [1.165, 1.54) is 5.56 Å². The number of hydrogen-bond acceptors (Lipinski definition) is 2. The molecule has 0 aliphatic rings. The third-order valence-electron chi connectivity index (χ3n) is 1.97. The number of benzene rings is 1. The maximum absolute atomic E-state index is 5.76. The van der Waals surface area contributed by atoms with Crippen LogP contribution in [0.4, 0.5) is 0 Å². The van der Waals surface area contributed by atoms with Gasteiger partial charge in [0.15, 0.2) is 5.15 Å². The van der Waals surface area contributed by atoms with Crippen molar-refractivity contribution in [2.24, 2.45) is 0 Å². The minimum absolute atomic E-state index is 0.395. The van der Waals surface area contributed by atoms with E-state index in [4.69, 9.17) is 11.6 Å². The first-order chi connectivity index (χ1) is 7.25. The summed E-state index contributed by atoms with van der Waals surface area (Å²) in [4.78, 5) is 8.32.